The fraction of sp³-hybridized carbons (Fsp3) is 0.688. The second kappa shape index (κ2) is 7.47. The van der Waals surface area contributed by atoms with E-state index in [1.165, 1.54) is 4.68 Å². The van der Waals surface area contributed by atoms with Gasteiger partial charge in [-0.15, -0.1) is 0 Å². The first kappa shape index (κ1) is 17.8. The molecule has 1 saturated carbocycles. The molecule has 0 spiro atoms. The number of carbonyl (C=O) groups is 2. The van der Waals surface area contributed by atoms with Gasteiger partial charge in [-0.25, -0.2) is 8.78 Å². The number of morpholine rings is 1. The largest absolute Gasteiger partial charge is 0.378 e. The van der Waals surface area contributed by atoms with Crippen molar-refractivity contribution in [3.8, 4) is 0 Å². The molecule has 7 nitrogen and oxygen atoms in total. The van der Waals surface area contributed by atoms with Gasteiger partial charge >= 0.3 is 0 Å². The molecule has 1 saturated heterocycles. The van der Waals surface area contributed by atoms with Gasteiger partial charge in [-0.2, -0.15) is 5.10 Å². The standard InChI is InChI=1S/C16H22F2N4O3/c17-16(18)4-1-12(2-5-16)15(24)19-13-3-6-22(20-13)11-14(23)21-7-9-25-10-8-21/h3,6,12H,1-2,4-5,7-11H2,(H,19,20,24). The number of hydrogen-bond acceptors (Lipinski definition) is 4. The second-order valence-electron chi connectivity index (χ2n) is 6.51. The van der Waals surface area contributed by atoms with E-state index >= 15 is 0 Å². The third kappa shape index (κ3) is 4.75. The van der Waals surface area contributed by atoms with Crippen molar-refractivity contribution < 1.29 is 23.1 Å². The van der Waals surface area contributed by atoms with Crippen LogP contribution in [0.25, 0.3) is 0 Å². The van der Waals surface area contributed by atoms with Gasteiger partial charge in [-0.1, -0.05) is 0 Å². The van der Waals surface area contributed by atoms with Gasteiger partial charge < -0.3 is 15.0 Å². The number of nitrogens with zero attached hydrogens (tertiary/aromatic N) is 3. The molecule has 9 heteroatoms. The lowest BCUT2D eigenvalue weighted by Crippen LogP contribution is -2.42. The lowest BCUT2D eigenvalue weighted by Gasteiger charge is -2.27. The lowest BCUT2D eigenvalue weighted by atomic mass is 9.86. The van der Waals surface area contributed by atoms with Crippen LogP contribution >= 0.6 is 0 Å². The highest BCUT2D eigenvalue weighted by Gasteiger charge is 2.37. The topological polar surface area (TPSA) is 76.5 Å². The van der Waals surface area contributed by atoms with Gasteiger partial charge in [0, 0.05) is 44.1 Å². The van der Waals surface area contributed by atoms with Crippen LogP contribution in [0.1, 0.15) is 25.7 Å². The molecule has 1 aliphatic carbocycles. The maximum Gasteiger partial charge on any atom is 0.248 e. The Labute approximate surface area is 144 Å². The molecule has 2 amide bonds. The van der Waals surface area contributed by atoms with Gasteiger partial charge in [-0.3, -0.25) is 14.3 Å². The van der Waals surface area contributed by atoms with Crippen LogP contribution in [0.15, 0.2) is 12.3 Å². The Hall–Kier alpha value is -2.03. The Bertz CT molecular complexity index is 619. The maximum atomic E-state index is 13.2. The highest BCUT2D eigenvalue weighted by atomic mass is 19.3. The van der Waals surface area contributed by atoms with Crippen molar-refractivity contribution in [2.24, 2.45) is 5.92 Å². The summed E-state index contributed by atoms with van der Waals surface area (Å²) in [5.74, 6) is -3.09. The molecular weight excluding hydrogens is 334 g/mol. The number of anilines is 1. The van der Waals surface area contributed by atoms with Crippen LogP contribution in [0.2, 0.25) is 0 Å². The van der Waals surface area contributed by atoms with Gasteiger partial charge in [0.1, 0.15) is 6.54 Å². The van der Waals surface area contributed by atoms with Gasteiger partial charge in [0.25, 0.3) is 0 Å². The third-order valence-corrected chi connectivity index (χ3v) is 4.64. The van der Waals surface area contributed by atoms with Crippen LogP contribution in [0, 0.1) is 5.92 Å². The number of amides is 2. The molecule has 25 heavy (non-hydrogen) atoms. The van der Waals surface area contributed by atoms with E-state index < -0.39 is 11.8 Å². The minimum Gasteiger partial charge on any atom is -0.378 e. The molecule has 0 aromatic carbocycles. The van der Waals surface area contributed by atoms with Crippen LogP contribution in [0.5, 0.6) is 0 Å². The lowest BCUT2D eigenvalue weighted by molar-refractivity contribution is -0.136. The predicted octanol–water partition coefficient (Wildman–Crippen LogP) is 1.51. The maximum absolute atomic E-state index is 13.2. The van der Waals surface area contributed by atoms with Crippen LogP contribution in [-0.2, 0) is 20.9 Å². The van der Waals surface area contributed by atoms with Crippen molar-refractivity contribution in [2.45, 2.75) is 38.2 Å². The fourth-order valence-corrected chi connectivity index (χ4v) is 3.10. The minimum absolute atomic E-state index is 0.0567. The number of hydrogen-bond donors (Lipinski definition) is 1. The zero-order valence-corrected chi connectivity index (χ0v) is 13.9. The SMILES string of the molecule is O=C(Nc1ccn(CC(=O)N2CCOCC2)n1)C1CCC(F)(F)CC1. The summed E-state index contributed by atoms with van der Waals surface area (Å²) in [5, 5.41) is 6.82. The highest BCUT2D eigenvalue weighted by molar-refractivity contribution is 5.91. The van der Waals surface area contributed by atoms with E-state index in [-0.39, 0.29) is 44.0 Å². The zero-order valence-electron chi connectivity index (χ0n) is 13.9. The van der Waals surface area contributed by atoms with E-state index in [4.69, 9.17) is 4.74 Å². The number of halogens is 2. The number of nitrogens with one attached hydrogen (secondary N) is 1. The monoisotopic (exact) mass is 356 g/mol. The molecule has 2 aliphatic rings. The second-order valence-corrected chi connectivity index (χ2v) is 6.51. The van der Waals surface area contributed by atoms with E-state index in [0.29, 0.717) is 32.1 Å². The van der Waals surface area contributed by atoms with Gasteiger partial charge in [0.15, 0.2) is 5.82 Å². The molecule has 3 rings (SSSR count). The molecule has 1 N–H and O–H groups in total. The number of aromatic nitrogens is 2. The summed E-state index contributed by atoms with van der Waals surface area (Å²) in [7, 11) is 0. The van der Waals surface area contributed by atoms with Crippen molar-refractivity contribution >= 4 is 17.6 Å². The summed E-state index contributed by atoms with van der Waals surface area (Å²) in [6.45, 7) is 2.29. The van der Waals surface area contributed by atoms with Crippen molar-refractivity contribution in [1.29, 1.82) is 0 Å². The highest BCUT2D eigenvalue weighted by Crippen LogP contribution is 2.36. The van der Waals surface area contributed by atoms with Crippen LogP contribution in [0.4, 0.5) is 14.6 Å². The summed E-state index contributed by atoms with van der Waals surface area (Å²) < 4.78 is 33.0. The molecule has 2 heterocycles. The number of alkyl halides is 2. The summed E-state index contributed by atoms with van der Waals surface area (Å²) in [6, 6.07) is 1.60. The van der Waals surface area contributed by atoms with E-state index in [0.717, 1.165) is 0 Å². The normalized spacial score (nSPS) is 21.1. The summed E-state index contributed by atoms with van der Waals surface area (Å²) in [5.41, 5.74) is 0. The molecule has 1 aromatic rings. The molecule has 0 radical (unpaired) electrons. The van der Waals surface area contributed by atoms with Crippen LogP contribution < -0.4 is 5.32 Å². The van der Waals surface area contributed by atoms with Crippen molar-refractivity contribution in [3.63, 3.8) is 0 Å². The average Bonchev–Trinajstić information content (AvgIpc) is 3.02. The molecule has 2 fully saturated rings. The molecular formula is C16H22F2N4O3. The Kier molecular flexibility index (Phi) is 5.31. The summed E-state index contributed by atoms with van der Waals surface area (Å²) in [4.78, 5) is 26.0. The Morgan fingerprint density at radius 1 is 1.28 bits per heavy atom. The Morgan fingerprint density at radius 3 is 2.64 bits per heavy atom. The zero-order chi connectivity index (χ0) is 17.9. The van der Waals surface area contributed by atoms with Crippen molar-refractivity contribution in [1.82, 2.24) is 14.7 Å². The number of rotatable bonds is 4. The first-order chi connectivity index (χ1) is 11.9. The van der Waals surface area contributed by atoms with Crippen LogP contribution in [0.3, 0.4) is 0 Å². The minimum atomic E-state index is -2.65. The first-order valence-electron chi connectivity index (χ1n) is 8.51. The Morgan fingerprint density at radius 2 is 1.96 bits per heavy atom. The van der Waals surface area contributed by atoms with Crippen molar-refractivity contribution in [3.05, 3.63) is 12.3 Å². The average molecular weight is 356 g/mol. The van der Waals surface area contributed by atoms with Gasteiger partial charge in [-0.05, 0) is 12.8 Å². The third-order valence-electron chi connectivity index (χ3n) is 4.64. The van der Waals surface area contributed by atoms with Gasteiger partial charge in [0.2, 0.25) is 17.7 Å². The fourth-order valence-electron chi connectivity index (χ4n) is 3.10. The van der Waals surface area contributed by atoms with Crippen LogP contribution in [-0.4, -0.2) is 58.7 Å². The van der Waals surface area contributed by atoms with E-state index in [9.17, 15) is 18.4 Å². The molecule has 1 aliphatic heterocycles. The number of ether oxygens (including phenoxy) is 1. The van der Waals surface area contributed by atoms with Gasteiger partial charge in [0.05, 0.1) is 13.2 Å². The quantitative estimate of drug-likeness (QED) is 0.887. The predicted molar refractivity (Wildman–Crippen MR) is 85.2 cm³/mol. The molecule has 0 unspecified atom stereocenters. The molecule has 0 atom stereocenters. The Balaban J connectivity index is 1.49. The van der Waals surface area contributed by atoms with E-state index in [2.05, 4.69) is 10.4 Å². The summed E-state index contributed by atoms with van der Waals surface area (Å²) in [6.07, 6.45) is 1.45. The van der Waals surface area contributed by atoms with E-state index in [1.807, 2.05) is 0 Å². The molecule has 0 bridgehead atoms. The van der Waals surface area contributed by atoms with E-state index in [1.54, 1.807) is 17.2 Å². The first-order valence-corrected chi connectivity index (χ1v) is 8.51. The summed E-state index contributed by atoms with van der Waals surface area (Å²) >= 11 is 0. The molecule has 1 aromatic heterocycles. The smallest absolute Gasteiger partial charge is 0.248 e. The molecule has 138 valence electrons. The van der Waals surface area contributed by atoms with Crippen molar-refractivity contribution in [2.75, 3.05) is 31.6 Å². The number of carbonyl (C=O) groups excluding carboxylic acids is 2.